The minimum atomic E-state index is -0.909. The Labute approximate surface area is 122 Å². The van der Waals surface area contributed by atoms with Gasteiger partial charge in [-0.15, -0.1) is 0 Å². The molecule has 2 aromatic rings. The number of carboxylic acids is 1. The molecule has 0 saturated carbocycles. The van der Waals surface area contributed by atoms with Crippen LogP contribution in [0.1, 0.15) is 23.7 Å². The molecule has 5 heteroatoms. The summed E-state index contributed by atoms with van der Waals surface area (Å²) in [6, 6.07) is 9.05. The first-order chi connectivity index (χ1) is 10.1. The number of aliphatic carboxylic acids is 1. The monoisotopic (exact) mass is 287 g/mol. The van der Waals surface area contributed by atoms with Crippen molar-refractivity contribution in [2.24, 2.45) is 0 Å². The van der Waals surface area contributed by atoms with Gasteiger partial charge in [-0.25, -0.2) is 0 Å². The number of carboxylic acid groups (broad SMARTS) is 1. The van der Waals surface area contributed by atoms with Crippen LogP contribution in [0.15, 0.2) is 47.3 Å². The largest absolute Gasteiger partial charge is 0.481 e. The van der Waals surface area contributed by atoms with Crippen molar-refractivity contribution in [3.63, 3.8) is 0 Å². The first-order valence-electron chi connectivity index (χ1n) is 6.75. The first-order valence-corrected chi connectivity index (χ1v) is 6.75. The number of carbonyl (C=O) groups excluding carboxylic acids is 1. The summed E-state index contributed by atoms with van der Waals surface area (Å²) in [5.74, 6) is -1.07. The van der Waals surface area contributed by atoms with Gasteiger partial charge in [-0.3, -0.25) is 9.59 Å². The van der Waals surface area contributed by atoms with Crippen LogP contribution in [0, 0.1) is 0 Å². The van der Waals surface area contributed by atoms with Crippen LogP contribution in [-0.2, 0) is 4.79 Å². The van der Waals surface area contributed by atoms with E-state index in [1.807, 2.05) is 19.1 Å². The minimum Gasteiger partial charge on any atom is -0.481 e. The van der Waals surface area contributed by atoms with E-state index in [0.717, 1.165) is 11.1 Å². The highest BCUT2D eigenvalue weighted by atomic mass is 16.4. The first kappa shape index (κ1) is 14.8. The lowest BCUT2D eigenvalue weighted by Crippen LogP contribution is -2.32. The number of hydrogen-bond acceptors (Lipinski definition) is 3. The van der Waals surface area contributed by atoms with Crippen LogP contribution in [0.2, 0.25) is 0 Å². The summed E-state index contributed by atoms with van der Waals surface area (Å²) in [4.78, 5) is 24.6. The van der Waals surface area contributed by atoms with Crippen molar-refractivity contribution in [1.29, 1.82) is 0 Å². The van der Waals surface area contributed by atoms with Gasteiger partial charge in [0.2, 0.25) is 0 Å². The predicted octanol–water partition coefficient (Wildman–Crippen LogP) is 2.88. The summed E-state index contributed by atoms with van der Waals surface area (Å²) in [5.41, 5.74) is 2.34. The summed E-state index contributed by atoms with van der Waals surface area (Å²) in [7, 11) is 0. The van der Waals surface area contributed by atoms with Crippen LogP contribution >= 0.6 is 0 Å². The lowest BCUT2D eigenvalue weighted by Gasteiger charge is -2.20. The molecule has 0 fully saturated rings. The smallest absolute Gasteiger partial charge is 0.305 e. The molecule has 21 heavy (non-hydrogen) atoms. The third kappa shape index (κ3) is 3.72. The zero-order chi connectivity index (χ0) is 15.2. The Morgan fingerprint density at radius 3 is 2.67 bits per heavy atom. The second kappa shape index (κ2) is 6.74. The maximum Gasteiger partial charge on any atom is 0.305 e. The van der Waals surface area contributed by atoms with E-state index in [1.54, 1.807) is 30.7 Å². The molecule has 1 heterocycles. The summed E-state index contributed by atoms with van der Waals surface area (Å²) < 4.78 is 5.04. The average molecular weight is 287 g/mol. The molecule has 0 saturated heterocycles. The summed E-state index contributed by atoms with van der Waals surface area (Å²) in [6.45, 7) is 2.52. The van der Waals surface area contributed by atoms with Crippen LogP contribution in [0.3, 0.4) is 0 Å². The highest BCUT2D eigenvalue weighted by Gasteiger charge is 2.15. The van der Waals surface area contributed by atoms with Gasteiger partial charge in [-0.05, 0) is 30.7 Å². The SMILES string of the molecule is CCN(CCC(=O)O)C(=O)c1cccc(-c2ccoc2)c1. The van der Waals surface area contributed by atoms with Crippen molar-refractivity contribution in [2.75, 3.05) is 13.1 Å². The Balaban J connectivity index is 2.18. The molecule has 0 bridgehead atoms. The molecule has 0 aliphatic rings. The number of rotatable bonds is 6. The van der Waals surface area contributed by atoms with Crippen molar-refractivity contribution in [1.82, 2.24) is 4.90 Å². The number of benzene rings is 1. The lowest BCUT2D eigenvalue weighted by molar-refractivity contribution is -0.137. The molecule has 0 spiro atoms. The molecule has 0 aliphatic heterocycles. The molecule has 1 aromatic heterocycles. The Morgan fingerprint density at radius 2 is 2.05 bits per heavy atom. The fourth-order valence-electron chi connectivity index (χ4n) is 2.08. The van der Waals surface area contributed by atoms with Crippen LogP contribution in [0.5, 0.6) is 0 Å². The minimum absolute atomic E-state index is 0.0546. The fraction of sp³-hybridized carbons (Fsp3) is 0.250. The average Bonchev–Trinajstić information content (AvgIpc) is 3.02. The van der Waals surface area contributed by atoms with E-state index in [0.29, 0.717) is 12.1 Å². The Morgan fingerprint density at radius 1 is 1.24 bits per heavy atom. The Bertz CT molecular complexity index is 619. The van der Waals surface area contributed by atoms with E-state index >= 15 is 0 Å². The second-order valence-electron chi connectivity index (χ2n) is 4.62. The normalized spacial score (nSPS) is 10.3. The standard InChI is InChI=1S/C16H17NO4/c1-2-17(8-6-15(18)19)16(20)13-5-3-4-12(10-13)14-7-9-21-11-14/h3-5,7,9-11H,2,6,8H2,1H3,(H,18,19). The molecule has 0 radical (unpaired) electrons. The van der Waals surface area contributed by atoms with Crippen molar-refractivity contribution in [3.8, 4) is 11.1 Å². The predicted molar refractivity (Wildman–Crippen MR) is 78.0 cm³/mol. The zero-order valence-electron chi connectivity index (χ0n) is 11.8. The summed E-state index contributed by atoms with van der Waals surface area (Å²) in [5, 5.41) is 8.73. The van der Waals surface area contributed by atoms with Gasteiger partial charge in [-0.1, -0.05) is 12.1 Å². The van der Waals surface area contributed by atoms with E-state index in [4.69, 9.17) is 9.52 Å². The fourth-order valence-corrected chi connectivity index (χ4v) is 2.08. The van der Waals surface area contributed by atoms with Crippen molar-refractivity contribution in [3.05, 3.63) is 48.4 Å². The topological polar surface area (TPSA) is 70.8 Å². The molecule has 1 amide bonds. The van der Waals surface area contributed by atoms with Gasteiger partial charge >= 0.3 is 5.97 Å². The van der Waals surface area contributed by atoms with E-state index in [9.17, 15) is 9.59 Å². The van der Waals surface area contributed by atoms with Gasteiger partial charge in [0.05, 0.1) is 18.9 Å². The third-order valence-electron chi connectivity index (χ3n) is 3.23. The van der Waals surface area contributed by atoms with E-state index in [-0.39, 0.29) is 18.9 Å². The van der Waals surface area contributed by atoms with Gasteiger partial charge in [0, 0.05) is 24.2 Å². The quantitative estimate of drug-likeness (QED) is 0.886. The van der Waals surface area contributed by atoms with Crippen LogP contribution in [0.4, 0.5) is 0 Å². The molecule has 110 valence electrons. The maximum atomic E-state index is 12.4. The molecule has 1 N–H and O–H groups in total. The number of amides is 1. The summed E-state index contributed by atoms with van der Waals surface area (Å²) >= 11 is 0. The van der Waals surface area contributed by atoms with Crippen molar-refractivity contribution in [2.45, 2.75) is 13.3 Å². The second-order valence-corrected chi connectivity index (χ2v) is 4.62. The number of nitrogens with zero attached hydrogens (tertiary/aromatic N) is 1. The van der Waals surface area contributed by atoms with Gasteiger partial charge in [0.25, 0.3) is 5.91 Å². The van der Waals surface area contributed by atoms with Gasteiger partial charge < -0.3 is 14.4 Å². The third-order valence-corrected chi connectivity index (χ3v) is 3.23. The van der Waals surface area contributed by atoms with Crippen LogP contribution in [-0.4, -0.2) is 35.0 Å². The molecule has 1 aromatic carbocycles. The highest BCUT2D eigenvalue weighted by Crippen LogP contribution is 2.21. The van der Waals surface area contributed by atoms with Crippen molar-refractivity contribution >= 4 is 11.9 Å². The molecular weight excluding hydrogens is 270 g/mol. The van der Waals surface area contributed by atoms with Crippen LogP contribution < -0.4 is 0 Å². The van der Waals surface area contributed by atoms with Gasteiger partial charge in [0.15, 0.2) is 0 Å². The highest BCUT2D eigenvalue weighted by molar-refractivity contribution is 5.95. The molecule has 0 atom stereocenters. The molecule has 2 rings (SSSR count). The molecule has 0 aliphatic carbocycles. The number of carbonyl (C=O) groups is 2. The number of furan rings is 1. The van der Waals surface area contributed by atoms with E-state index < -0.39 is 5.97 Å². The number of hydrogen-bond donors (Lipinski definition) is 1. The van der Waals surface area contributed by atoms with Gasteiger partial charge in [-0.2, -0.15) is 0 Å². The summed E-state index contributed by atoms with van der Waals surface area (Å²) in [6.07, 6.45) is 3.14. The molecule has 5 nitrogen and oxygen atoms in total. The lowest BCUT2D eigenvalue weighted by atomic mass is 10.1. The Kier molecular flexibility index (Phi) is 4.77. The van der Waals surface area contributed by atoms with E-state index in [1.165, 1.54) is 4.90 Å². The molecular formula is C16H17NO4. The zero-order valence-corrected chi connectivity index (χ0v) is 11.8. The Hall–Kier alpha value is -2.56. The molecule has 0 unspecified atom stereocenters. The van der Waals surface area contributed by atoms with Crippen LogP contribution in [0.25, 0.3) is 11.1 Å². The van der Waals surface area contributed by atoms with Crippen molar-refractivity contribution < 1.29 is 19.1 Å². The maximum absolute atomic E-state index is 12.4. The van der Waals surface area contributed by atoms with Gasteiger partial charge in [0.1, 0.15) is 0 Å². The van der Waals surface area contributed by atoms with E-state index in [2.05, 4.69) is 0 Å².